The minimum absolute atomic E-state index is 0.0612. The molecule has 0 aliphatic carbocycles. The van der Waals surface area contributed by atoms with Crippen LogP contribution in [0.3, 0.4) is 0 Å². The lowest BCUT2D eigenvalue weighted by atomic mass is 9.95. The van der Waals surface area contributed by atoms with Crippen LogP contribution in [0, 0.1) is 0 Å². The van der Waals surface area contributed by atoms with Crippen LogP contribution in [-0.4, -0.2) is 42.5 Å². The molecular weight excluding hydrogens is 374 g/mol. The molecule has 0 radical (unpaired) electrons. The van der Waals surface area contributed by atoms with E-state index in [1.54, 1.807) is 24.3 Å². The zero-order valence-corrected chi connectivity index (χ0v) is 17.4. The first-order valence-corrected chi connectivity index (χ1v) is 10.8. The van der Waals surface area contributed by atoms with Crippen LogP contribution in [-0.2, 0) is 15.4 Å². The molecule has 3 aromatic rings. The number of benzene rings is 2. The highest BCUT2D eigenvalue weighted by atomic mass is 32.2. The van der Waals surface area contributed by atoms with Crippen molar-refractivity contribution in [1.29, 1.82) is 0 Å². The summed E-state index contributed by atoms with van der Waals surface area (Å²) in [5.41, 5.74) is 1.85. The van der Waals surface area contributed by atoms with Crippen LogP contribution in [0.5, 0.6) is 5.75 Å². The molecule has 2 aromatic carbocycles. The monoisotopic (exact) mass is 399 g/mol. The second-order valence-corrected chi connectivity index (χ2v) is 10.1. The van der Waals surface area contributed by atoms with E-state index in [1.165, 1.54) is 11.4 Å². The SMILES string of the molecule is COc1ccccc1S(=O)(=O)N1CC(n2c(C(C)(C)C)nc3ccccc32)C1. The molecule has 1 saturated heterocycles. The Morgan fingerprint density at radius 2 is 1.68 bits per heavy atom. The topological polar surface area (TPSA) is 64.4 Å². The Morgan fingerprint density at radius 1 is 1.04 bits per heavy atom. The van der Waals surface area contributed by atoms with Crippen molar-refractivity contribution in [2.24, 2.45) is 0 Å². The summed E-state index contributed by atoms with van der Waals surface area (Å²) in [5, 5.41) is 0. The Bertz CT molecular complexity index is 1120. The Hall–Kier alpha value is -2.38. The summed E-state index contributed by atoms with van der Waals surface area (Å²) in [4.78, 5) is 5.05. The molecule has 1 fully saturated rings. The fourth-order valence-corrected chi connectivity index (χ4v) is 5.36. The lowest BCUT2D eigenvalue weighted by Gasteiger charge is -2.40. The van der Waals surface area contributed by atoms with E-state index in [2.05, 4.69) is 31.4 Å². The van der Waals surface area contributed by atoms with Gasteiger partial charge < -0.3 is 9.30 Å². The third-order valence-electron chi connectivity index (χ3n) is 5.15. The molecule has 2 heterocycles. The van der Waals surface area contributed by atoms with Gasteiger partial charge in [-0.05, 0) is 24.3 Å². The van der Waals surface area contributed by atoms with Gasteiger partial charge in [0.25, 0.3) is 0 Å². The first-order chi connectivity index (χ1) is 13.2. The molecule has 4 rings (SSSR count). The molecule has 1 aliphatic rings. The van der Waals surface area contributed by atoms with Crippen LogP contribution in [0.25, 0.3) is 11.0 Å². The molecule has 6 nitrogen and oxygen atoms in total. The lowest BCUT2D eigenvalue weighted by molar-refractivity contribution is 0.200. The largest absolute Gasteiger partial charge is 0.495 e. The van der Waals surface area contributed by atoms with Gasteiger partial charge >= 0.3 is 0 Å². The first-order valence-electron chi connectivity index (χ1n) is 9.34. The van der Waals surface area contributed by atoms with Crippen LogP contribution < -0.4 is 4.74 Å². The number of para-hydroxylation sites is 3. The van der Waals surface area contributed by atoms with Crippen molar-refractivity contribution >= 4 is 21.1 Å². The smallest absolute Gasteiger partial charge is 0.246 e. The van der Waals surface area contributed by atoms with E-state index < -0.39 is 10.0 Å². The molecule has 1 aromatic heterocycles. The minimum atomic E-state index is -3.60. The number of fused-ring (bicyclic) bond motifs is 1. The molecule has 0 bridgehead atoms. The Balaban J connectivity index is 1.68. The number of methoxy groups -OCH3 is 1. The quantitative estimate of drug-likeness (QED) is 0.673. The van der Waals surface area contributed by atoms with Gasteiger partial charge in [0, 0.05) is 18.5 Å². The highest BCUT2D eigenvalue weighted by Gasteiger charge is 2.41. The average Bonchev–Trinajstić information content (AvgIpc) is 3.00. The predicted octanol–water partition coefficient (Wildman–Crippen LogP) is 3.59. The molecule has 7 heteroatoms. The maximum absolute atomic E-state index is 13.1. The van der Waals surface area contributed by atoms with Crippen molar-refractivity contribution < 1.29 is 13.2 Å². The number of hydrogen-bond acceptors (Lipinski definition) is 4. The number of aromatic nitrogens is 2. The highest BCUT2D eigenvalue weighted by molar-refractivity contribution is 7.89. The van der Waals surface area contributed by atoms with Gasteiger partial charge in [-0.25, -0.2) is 13.4 Å². The third kappa shape index (κ3) is 2.99. The number of nitrogens with zero attached hydrogens (tertiary/aromatic N) is 3. The van der Waals surface area contributed by atoms with Crippen LogP contribution in [0.15, 0.2) is 53.4 Å². The van der Waals surface area contributed by atoms with Gasteiger partial charge in [0.2, 0.25) is 10.0 Å². The molecule has 148 valence electrons. The van der Waals surface area contributed by atoms with Crippen LogP contribution in [0.1, 0.15) is 32.6 Å². The van der Waals surface area contributed by atoms with E-state index >= 15 is 0 Å². The Morgan fingerprint density at radius 3 is 2.36 bits per heavy atom. The van der Waals surface area contributed by atoms with E-state index in [9.17, 15) is 8.42 Å². The molecule has 0 unspecified atom stereocenters. The third-order valence-corrected chi connectivity index (χ3v) is 7.02. The van der Waals surface area contributed by atoms with E-state index in [0.29, 0.717) is 18.8 Å². The van der Waals surface area contributed by atoms with Gasteiger partial charge in [-0.3, -0.25) is 0 Å². The Kier molecular flexibility index (Phi) is 4.47. The van der Waals surface area contributed by atoms with Crippen molar-refractivity contribution in [1.82, 2.24) is 13.9 Å². The number of ether oxygens (including phenoxy) is 1. The summed E-state index contributed by atoms with van der Waals surface area (Å²) in [6.45, 7) is 7.24. The standard InChI is InChI=1S/C21H25N3O3S/c1-21(2,3)20-22-16-9-5-6-10-17(16)24(20)15-13-23(14-15)28(25,26)19-12-8-7-11-18(19)27-4/h5-12,15H,13-14H2,1-4H3. The lowest BCUT2D eigenvalue weighted by Crippen LogP contribution is -2.51. The van der Waals surface area contributed by atoms with Crippen LogP contribution in [0.4, 0.5) is 0 Å². The van der Waals surface area contributed by atoms with E-state index in [1.807, 2.05) is 18.2 Å². The van der Waals surface area contributed by atoms with Gasteiger partial charge in [-0.2, -0.15) is 4.31 Å². The number of hydrogen-bond donors (Lipinski definition) is 0. The second kappa shape index (κ2) is 6.60. The minimum Gasteiger partial charge on any atom is -0.495 e. The second-order valence-electron chi connectivity index (χ2n) is 8.17. The van der Waals surface area contributed by atoms with E-state index in [4.69, 9.17) is 9.72 Å². The summed E-state index contributed by atoms with van der Waals surface area (Å²) >= 11 is 0. The fourth-order valence-electron chi connectivity index (χ4n) is 3.69. The maximum Gasteiger partial charge on any atom is 0.246 e. The summed E-state index contributed by atoms with van der Waals surface area (Å²) in [6.07, 6.45) is 0. The molecule has 28 heavy (non-hydrogen) atoms. The fraction of sp³-hybridized carbons (Fsp3) is 0.381. The van der Waals surface area contributed by atoms with Crippen LogP contribution in [0.2, 0.25) is 0 Å². The summed E-state index contributed by atoms with van der Waals surface area (Å²) in [5.74, 6) is 1.35. The summed E-state index contributed by atoms with van der Waals surface area (Å²) in [6, 6.07) is 14.8. The van der Waals surface area contributed by atoms with Gasteiger partial charge in [0.05, 0.1) is 24.2 Å². The summed E-state index contributed by atoms with van der Waals surface area (Å²) < 4.78 is 35.1. The normalized spacial score (nSPS) is 16.3. The van der Waals surface area contributed by atoms with E-state index in [-0.39, 0.29) is 16.4 Å². The average molecular weight is 400 g/mol. The molecule has 0 N–H and O–H groups in total. The predicted molar refractivity (Wildman–Crippen MR) is 109 cm³/mol. The van der Waals surface area contributed by atoms with Crippen molar-refractivity contribution in [2.75, 3.05) is 20.2 Å². The van der Waals surface area contributed by atoms with Gasteiger partial charge in [-0.1, -0.05) is 45.0 Å². The Labute approximate surface area is 165 Å². The van der Waals surface area contributed by atoms with Gasteiger partial charge in [0.15, 0.2) is 0 Å². The first kappa shape index (κ1) is 19.0. The maximum atomic E-state index is 13.1. The highest BCUT2D eigenvalue weighted by Crippen LogP contribution is 2.37. The van der Waals surface area contributed by atoms with E-state index in [0.717, 1.165) is 16.9 Å². The van der Waals surface area contributed by atoms with Gasteiger partial charge in [-0.15, -0.1) is 0 Å². The summed E-state index contributed by atoms with van der Waals surface area (Å²) in [7, 11) is -2.11. The molecule has 0 spiro atoms. The zero-order chi connectivity index (χ0) is 20.1. The molecule has 0 atom stereocenters. The zero-order valence-electron chi connectivity index (χ0n) is 16.6. The number of imidazole rings is 1. The van der Waals surface area contributed by atoms with Crippen molar-refractivity contribution in [2.45, 2.75) is 37.1 Å². The molecule has 0 amide bonds. The van der Waals surface area contributed by atoms with Crippen molar-refractivity contribution in [3.05, 3.63) is 54.4 Å². The van der Waals surface area contributed by atoms with Crippen molar-refractivity contribution in [3.63, 3.8) is 0 Å². The van der Waals surface area contributed by atoms with Crippen LogP contribution >= 0.6 is 0 Å². The van der Waals surface area contributed by atoms with Gasteiger partial charge in [0.1, 0.15) is 16.5 Å². The number of rotatable bonds is 4. The number of sulfonamides is 1. The molecular formula is C21H25N3O3S. The molecule has 1 aliphatic heterocycles. The van der Waals surface area contributed by atoms with Crippen molar-refractivity contribution in [3.8, 4) is 5.75 Å². The molecule has 0 saturated carbocycles.